The Kier molecular flexibility index (Phi) is 7.92. The lowest BCUT2D eigenvalue weighted by Crippen LogP contribution is -2.14. The predicted octanol–water partition coefficient (Wildman–Crippen LogP) is 2.73. The average Bonchev–Trinajstić information content (AvgIpc) is 2.65. The van der Waals surface area contributed by atoms with Crippen LogP contribution in [0.4, 0.5) is 0 Å². The Balaban J connectivity index is 1.82. The molecular formula is C20H24O6. The first-order valence-corrected chi connectivity index (χ1v) is 8.42. The zero-order valence-electron chi connectivity index (χ0n) is 14.9. The zero-order valence-corrected chi connectivity index (χ0v) is 14.9. The molecule has 0 heterocycles. The summed E-state index contributed by atoms with van der Waals surface area (Å²) in [7, 11) is 0. The first-order chi connectivity index (χ1) is 12.6. The molecule has 0 spiro atoms. The van der Waals surface area contributed by atoms with E-state index < -0.39 is 5.97 Å². The lowest BCUT2D eigenvalue weighted by molar-refractivity contribution is -0.140. The van der Waals surface area contributed by atoms with Crippen LogP contribution in [0.1, 0.15) is 6.92 Å². The maximum atomic E-state index is 11.2. The smallest absolute Gasteiger partial charge is 0.333 e. The molecule has 2 aromatic rings. The van der Waals surface area contributed by atoms with Crippen LogP contribution < -0.4 is 9.47 Å². The highest BCUT2D eigenvalue weighted by molar-refractivity contribution is 5.93. The van der Waals surface area contributed by atoms with Crippen molar-refractivity contribution in [3.8, 4) is 11.5 Å². The van der Waals surface area contributed by atoms with Gasteiger partial charge in [0.05, 0.1) is 19.8 Å². The topological polar surface area (TPSA) is 74.2 Å². The second-order valence-corrected chi connectivity index (χ2v) is 5.56. The van der Waals surface area contributed by atoms with Gasteiger partial charge in [-0.05, 0) is 19.1 Å². The molecule has 0 atom stereocenters. The summed E-state index contributed by atoms with van der Waals surface area (Å²) in [5.41, 5.74) is 0.367. The number of hydrogen-bond donors (Lipinski definition) is 1. The van der Waals surface area contributed by atoms with E-state index in [-0.39, 0.29) is 19.8 Å². The number of aliphatic hydroxyl groups is 1. The summed E-state index contributed by atoms with van der Waals surface area (Å²) in [6.45, 7) is 6.55. The minimum Gasteiger partial charge on any atom is -0.491 e. The van der Waals surface area contributed by atoms with Crippen LogP contribution in [0.3, 0.4) is 0 Å². The molecule has 140 valence electrons. The van der Waals surface area contributed by atoms with Crippen molar-refractivity contribution in [3.63, 3.8) is 0 Å². The van der Waals surface area contributed by atoms with Crippen molar-refractivity contribution < 1.29 is 28.8 Å². The van der Waals surface area contributed by atoms with Crippen LogP contribution in [0.2, 0.25) is 0 Å². The molecule has 1 N–H and O–H groups in total. The van der Waals surface area contributed by atoms with Gasteiger partial charge in [0, 0.05) is 16.3 Å². The van der Waals surface area contributed by atoms with E-state index in [0.29, 0.717) is 31.1 Å². The molecule has 0 bridgehead atoms. The summed E-state index contributed by atoms with van der Waals surface area (Å²) in [6.07, 6.45) is 0. The van der Waals surface area contributed by atoms with Gasteiger partial charge in [0.1, 0.15) is 31.3 Å². The minimum atomic E-state index is -0.417. The van der Waals surface area contributed by atoms with Crippen molar-refractivity contribution in [1.29, 1.82) is 0 Å². The van der Waals surface area contributed by atoms with Gasteiger partial charge < -0.3 is 24.1 Å². The Morgan fingerprint density at radius 1 is 0.923 bits per heavy atom. The Hall–Kier alpha value is -2.57. The van der Waals surface area contributed by atoms with E-state index in [1.807, 2.05) is 36.4 Å². The number of esters is 1. The van der Waals surface area contributed by atoms with Gasteiger partial charge in [-0.3, -0.25) is 0 Å². The second-order valence-electron chi connectivity index (χ2n) is 5.56. The normalized spacial score (nSPS) is 10.5. The number of rotatable bonds is 11. The highest BCUT2D eigenvalue weighted by Gasteiger charge is 2.08. The number of benzene rings is 2. The lowest BCUT2D eigenvalue weighted by atomic mass is 10.1. The molecule has 0 radical (unpaired) electrons. The summed E-state index contributed by atoms with van der Waals surface area (Å²) in [4.78, 5) is 11.2. The molecule has 0 saturated carbocycles. The van der Waals surface area contributed by atoms with E-state index in [9.17, 15) is 4.79 Å². The van der Waals surface area contributed by atoms with E-state index >= 15 is 0 Å². The molecule has 0 fully saturated rings. The fraction of sp³-hybridized carbons (Fsp3) is 0.350. The second kappa shape index (κ2) is 10.4. The Bertz CT molecular complexity index is 740. The fourth-order valence-corrected chi connectivity index (χ4v) is 2.28. The molecule has 0 aliphatic carbocycles. The third kappa shape index (κ3) is 5.75. The maximum Gasteiger partial charge on any atom is 0.333 e. The number of fused-ring (bicyclic) bond motifs is 1. The highest BCUT2D eigenvalue weighted by atomic mass is 16.6. The first-order valence-electron chi connectivity index (χ1n) is 8.42. The van der Waals surface area contributed by atoms with Crippen LogP contribution in [0.5, 0.6) is 11.5 Å². The van der Waals surface area contributed by atoms with Crippen LogP contribution in [0.25, 0.3) is 10.8 Å². The minimum absolute atomic E-state index is 0.0361. The largest absolute Gasteiger partial charge is 0.491 e. The van der Waals surface area contributed by atoms with Crippen molar-refractivity contribution in [2.45, 2.75) is 6.92 Å². The Labute approximate surface area is 152 Å². The van der Waals surface area contributed by atoms with E-state index in [1.54, 1.807) is 6.92 Å². The Morgan fingerprint density at radius 3 is 2.08 bits per heavy atom. The van der Waals surface area contributed by atoms with Crippen LogP contribution in [0, 0.1) is 0 Å². The molecule has 0 aromatic heterocycles. The first kappa shape index (κ1) is 19.8. The molecule has 2 rings (SSSR count). The van der Waals surface area contributed by atoms with Gasteiger partial charge in [0.15, 0.2) is 0 Å². The van der Waals surface area contributed by atoms with E-state index in [0.717, 1.165) is 16.5 Å². The summed E-state index contributed by atoms with van der Waals surface area (Å²) < 4.78 is 21.7. The number of ether oxygens (including phenoxy) is 4. The van der Waals surface area contributed by atoms with E-state index in [2.05, 4.69) is 6.58 Å². The molecule has 0 aliphatic rings. The third-order valence-electron chi connectivity index (χ3n) is 3.49. The molecule has 26 heavy (non-hydrogen) atoms. The van der Waals surface area contributed by atoms with Crippen LogP contribution in [-0.4, -0.2) is 50.7 Å². The van der Waals surface area contributed by atoms with E-state index in [4.69, 9.17) is 24.1 Å². The number of carbonyl (C=O) groups excluding carboxylic acids is 1. The maximum absolute atomic E-state index is 11.2. The van der Waals surface area contributed by atoms with Crippen molar-refractivity contribution in [2.24, 2.45) is 0 Å². The summed E-state index contributed by atoms with van der Waals surface area (Å²) in [6, 6.07) is 11.4. The van der Waals surface area contributed by atoms with Gasteiger partial charge >= 0.3 is 5.97 Å². The van der Waals surface area contributed by atoms with Crippen molar-refractivity contribution >= 4 is 16.7 Å². The van der Waals surface area contributed by atoms with Gasteiger partial charge in [-0.15, -0.1) is 0 Å². The standard InChI is InChI=1S/C20H24O6/c1-15(2)20(22)26-14-12-23-11-13-25-19-8-7-18(24-10-9-21)16-5-3-4-6-17(16)19/h3-8,21H,1,9-14H2,2H3. The van der Waals surface area contributed by atoms with Crippen LogP contribution in [-0.2, 0) is 14.3 Å². The quantitative estimate of drug-likeness (QED) is 0.377. The van der Waals surface area contributed by atoms with Crippen LogP contribution in [0.15, 0.2) is 48.6 Å². The monoisotopic (exact) mass is 360 g/mol. The van der Waals surface area contributed by atoms with Gasteiger partial charge in [-0.2, -0.15) is 0 Å². The number of hydrogen-bond acceptors (Lipinski definition) is 6. The lowest BCUT2D eigenvalue weighted by Gasteiger charge is -2.13. The highest BCUT2D eigenvalue weighted by Crippen LogP contribution is 2.33. The fourth-order valence-electron chi connectivity index (χ4n) is 2.28. The molecule has 0 unspecified atom stereocenters. The summed E-state index contributed by atoms with van der Waals surface area (Å²) in [5, 5.41) is 10.8. The van der Waals surface area contributed by atoms with Crippen molar-refractivity contribution in [2.75, 3.05) is 39.6 Å². The van der Waals surface area contributed by atoms with Crippen LogP contribution >= 0.6 is 0 Å². The van der Waals surface area contributed by atoms with Gasteiger partial charge in [-0.1, -0.05) is 30.8 Å². The zero-order chi connectivity index (χ0) is 18.8. The Morgan fingerprint density at radius 2 is 1.50 bits per heavy atom. The molecule has 0 amide bonds. The molecule has 2 aromatic carbocycles. The average molecular weight is 360 g/mol. The summed E-state index contributed by atoms with van der Waals surface area (Å²) in [5.74, 6) is 1.02. The molecule has 0 saturated heterocycles. The number of aliphatic hydroxyl groups excluding tert-OH is 1. The van der Waals surface area contributed by atoms with Crippen molar-refractivity contribution in [3.05, 3.63) is 48.6 Å². The van der Waals surface area contributed by atoms with Crippen molar-refractivity contribution in [1.82, 2.24) is 0 Å². The number of carbonyl (C=O) groups is 1. The van der Waals surface area contributed by atoms with E-state index in [1.165, 1.54) is 0 Å². The summed E-state index contributed by atoms with van der Waals surface area (Å²) >= 11 is 0. The molecular weight excluding hydrogens is 336 g/mol. The molecule has 6 nitrogen and oxygen atoms in total. The molecule has 6 heteroatoms. The van der Waals surface area contributed by atoms with Gasteiger partial charge in [0.25, 0.3) is 0 Å². The molecule has 0 aliphatic heterocycles. The van der Waals surface area contributed by atoms with Gasteiger partial charge in [0.2, 0.25) is 0 Å². The van der Waals surface area contributed by atoms with Gasteiger partial charge in [-0.25, -0.2) is 4.79 Å². The SMILES string of the molecule is C=C(C)C(=O)OCCOCCOc1ccc(OCCO)c2ccccc12. The predicted molar refractivity (Wildman–Crippen MR) is 98.6 cm³/mol. The third-order valence-corrected chi connectivity index (χ3v) is 3.49.